The SMILES string of the molecule is O=C(/C=C/c1ccc(Cc2ncc[nH]2)cc1)NO. The summed E-state index contributed by atoms with van der Waals surface area (Å²) in [7, 11) is 0. The van der Waals surface area contributed by atoms with Crippen LogP contribution in [0.3, 0.4) is 0 Å². The number of nitrogens with zero attached hydrogens (tertiary/aromatic N) is 1. The Morgan fingerprint density at radius 1 is 1.39 bits per heavy atom. The van der Waals surface area contributed by atoms with Gasteiger partial charge in [0.1, 0.15) is 5.82 Å². The standard InChI is InChI=1S/C13H13N3O2/c17-13(16-18)6-5-10-1-3-11(4-2-10)9-12-14-7-8-15-12/h1-8,18H,9H2,(H,14,15)(H,16,17)/b6-5+. The van der Waals surface area contributed by atoms with Gasteiger partial charge in [-0.05, 0) is 17.2 Å². The second kappa shape index (κ2) is 5.79. The van der Waals surface area contributed by atoms with E-state index in [1.54, 1.807) is 18.5 Å². The molecule has 0 spiro atoms. The number of hydroxylamine groups is 1. The first-order valence-electron chi connectivity index (χ1n) is 5.47. The molecule has 0 saturated carbocycles. The smallest absolute Gasteiger partial charge is 0.267 e. The Hall–Kier alpha value is -2.40. The number of hydrogen-bond donors (Lipinski definition) is 3. The molecule has 92 valence electrons. The van der Waals surface area contributed by atoms with Gasteiger partial charge in [-0.1, -0.05) is 24.3 Å². The maximum atomic E-state index is 10.8. The number of nitrogens with one attached hydrogen (secondary N) is 2. The number of carbonyl (C=O) groups is 1. The predicted molar refractivity (Wildman–Crippen MR) is 66.8 cm³/mol. The summed E-state index contributed by atoms with van der Waals surface area (Å²) in [5, 5.41) is 8.34. The van der Waals surface area contributed by atoms with Crippen LogP contribution in [0.25, 0.3) is 6.08 Å². The van der Waals surface area contributed by atoms with E-state index in [1.165, 1.54) is 11.6 Å². The maximum absolute atomic E-state index is 10.8. The summed E-state index contributed by atoms with van der Waals surface area (Å²) in [6, 6.07) is 7.75. The van der Waals surface area contributed by atoms with Crippen LogP contribution in [0.15, 0.2) is 42.7 Å². The van der Waals surface area contributed by atoms with E-state index >= 15 is 0 Å². The van der Waals surface area contributed by atoms with Crippen molar-refractivity contribution in [3.63, 3.8) is 0 Å². The molecule has 5 nitrogen and oxygen atoms in total. The number of aromatic amines is 1. The van der Waals surface area contributed by atoms with Crippen LogP contribution in [0.2, 0.25) is 0 Å². The first-order chi connectivity index (χ1) is 8.78. The lowest BCUT2D eigenvalue weighted by atomic mass is 10.1. The lowest BCUT2D eigenvalue weighted by Gasteiger charge is -1.99. The van der Waals surface area contributed by atoms with Gasteiger partial charge in [-0.2, -0.15) is 0 Å². The van der Waals surface area contributed by atoms with Crippen LogP contribution >= 0.6 is 0 Å². The van der Waals surface area contributed by atoms with E-state index in [2.05, 4.69) is 9.97 Å². The van der Waals surface area contributed by atoms with E-state index < -0.39 is 5.91 Å². The van der Waals surface area contributed by atoms with E-state index in [0.29, 0.717) is 0 Å². The molecule has 0 aliphatic rings. The predicted octanol–water partition coefficient (Wildman–Crippen LogP) is 1.52. The van der Waals surface area contributed by atoms with Crippen molar-refractivity contribution in [1.29, 1.82) is 0 Å². The Labute approximate surface area is 104 Å². The monoisotopic (exact) mass is 243 g/mol. The number of imidazole rings is 1. The molecule has 0 aliphatic heterocycles. The van der Waals surface area contributed by atoms with Crippen LogP contribution in [-0.2, 0) is 11.2 Å². The Kier molecular flexibility index (Phi) is 3.88. The molecule has 1 aromatic carbocycles. The van der Waals surface area contributed by atoms with E-state index in [9.17, 15) is 4.79 Å². The number of hydrogen-bond acceptors (Lipinski definition) is 3. The van der Waals surface area contributed by atoms with Crippen molar-refractivity contribution in [3.05, 3.63) is 59.7 Å². The van der Waals surface area contributed by atoms with Gasteiger partial charge in [0.25, 0.3) is 5.91 Å². The number of amides is 1. The van der Waals surface area contributed by atoms with Gasteiger partial charge in [0, 0.05) is 24.9 Å². The largest absolute Gasteiger partial charge is 0.348 e. The van der Waals surface area contributed by atoms with Gasteiger partial charge in [-0.3, -0.25) is 10.0 Å². The van der Waals surface area contributed by atoms with Gasteiger partial charge < -0.3 is 4.98 Å². The fourth-order valence-electron chi connectivity index (χ4n) is 1.54. The van der Waals surface area contributed by atoms with Crippen molar-refractivity contribution >= 4 is 12.0 Å². The maximum Gasteiger partial charge on any atom is 0.267 e. The van der Waals surface area contributed by atoms with Crippen molar-refractivity contribution in [2.75, 3.05) is 0 Å². The summed E-state index contributed by atoms with van der Waals surface area (Å²) in [5.41, 5.74) is 3.56. The third-order valence-electron chi connectivity index (χ3n) is 2.44. The molecule has 1 heterocycles. The molecule has 0 saturated heterocycles. The minimum absolute atomic E-state index is 0.547. The molecule has 0 unspecified atom stereocenters. The van der Waals surface area contributed by atoms with E-state index in [0.717, 1.165) is 23.4 Å². The lowest BCUT2D eigenvalue weighted by Crippen LogP contribution is -2.14. The molecule has 3 N–H and O–H groups in total. The first-order valence-corrected chi connectivity index (χ1v) is 5.47. The average Bonchev–Trinajstić information content (AvgIpc) is 2.90. The zero-order valence-corrected chi connectivity index (χ0v) is 9.63. The molecule has 1 amide bonds. The quantitative estimate of drug-likeness (QED) is 0.433. The van der Waals surface area contributed by atoms with E-state index in [-0.39, 0.29) is 0 Å². The molecule has 0 bridgehead atoms. The van der Waals surface area contributed by atoms with Crippen LogP contribution in [0.4, 0.5) is 0 Å². The zero-order valence-electron chi connectivity index (χ0n) is 9.63. The normalized spacial score (nSPS) is 10.7. The van der Waals surface area contributed by atoms with Crippen molar-refractivity contribution in [2.24, 2.45) is 0 Å². The van der Waals surface area contributed by atoms with Crippen molar-refractivity contribution in [1.82, 2.24) is 15.4 Å². The van der Waals surface area contributed by atoms with Crippen LogP contribution in [0.5, 0.6) is 0 Å². The van der Waals surface area contributed by atoms with Gasteiger partial charge in [-0.25, -0.2) is 10.5 Å². The van der Waals surface area contributed by atoms with Crippen molar-refractivity contribution in [3.8, 4) is 0 Å². The van der Waals surface area contributed by atoms with E-state index in [1.807, 2.05) is 24.3 Å². The molecule has 1 aromatic heterocycles. The van der Waals surface area contributed by atoms with Crippen molar-refractivity contribution < 1.29 is 10.0 Å². The van der Waals surface area contributed by atoms with Crippen LogP contribution < -0.4 is 5.48 Å². The second-order valence-electron chi connectivity index (χ2n) is 3.76. The van der Waals surface area contributed by atoms with Gasteiger partial charge >= 0.3 is 0 Å². The Bertz CT molecular complexity index is 530. The number of H-pyrrole nitrogens is 1. The number of aromatic nitrogens is 2. The number of carbonyl (C=O) groups excluding carboxylic acids is 1. The molecule has 2 rings (SSSR count). The molecule has 0 aliphatic carbocycles. The number of rotatable bonds is 4. The topological polar surface area (TPSA) is 78.0 Å². The fraction of sp³-hybridized carbons (Fsp3) is 0.0769. The van der Waals surface area contributed by atoms with Gasteiger partial charge in [0.05, 0.1) is 0 Å². The molecule has 2 aromatic rings. The van der Waals surface area contributed by atoms with Gasteiger partial charge in [-0.15, -0.1) is 0 Å². The summed E-state index contributed by atoms with van der Waals surface area (Å²) < 4.78 is 0. The molecule has 0 radical (unpaired) electrons. The minimum Gasteiger partial charge on any atom is -0.348 e. The minimum atomic E-state index is -0.547. The van der Waals surface area contributed by atoms with Gasteiger partial charge in [0.15, 0.2) is 0 Å². The third kappa shape index (κ3) is 3.29. The zero-order chi connectivity index (χ0) is 12.8. The third-order valence-corrected chi connectivity index (χ3v) is 2.44. The second-order valence-corrected chi connectivity index (χ2v) is 3.76. The molecule has 0 fully saturated rings. The van der Waals surface area contributed by atoms with Crippen LogP contribution in [0.1, 0.15) is 17.0 Å². The lowest BCUT2D eigenvalue weighted by molar-refractivity contribution is -0.124. The highest BCUT2D eigenvalue weighted by Gasteiger charge is 1.98. The highest BCUT2D eigenvalue weighted by molar-refractivity contribution is 5.90. The highest BCUT2D eigenvalue weighted by Crippen LogP contribution is 2.09. The summed E-state index contributed by atoms with van der Waals surface area (Å²) in [4.78, 5) is 18.0. The molecule has 18 heavy (non-hydrogen) atoms. The summed E-state index contributed by atoms with van der Waals surface area (Å²) in [6.07, 6.45) is 7.15. The summed E-state index contributed by atoms with van der Waals surface area (Å²) in [6.45, 7) is 0. The fourth-order valence-corrected chi connectivity index (χ4v) is 1.54. The molecular formula is C13H13N3O2. The highest BCUT2D eigenvalue weighted by atomic mass is 16.5. The molecule has 5 heteroatoms. The van der Waals surface area contributed by atoms with Crippen molar-refractivity contribution in [2.45, 2.75) is 6.42 Å². The first kappa shape index (κ1) is 12.1. The van der Waals surface area contributed by atoms with E-state index in [4.69, 9.17) is 5.21 Å². The summed E-state index contributed by atoms with van der Waals surface area (Å²) in [5.74, 6) is 0.368. The molecule has 0 atom stereocenters. The Morgan fingerprint density at radius 2 is 2.17 bits per heavy atom. The van der Waals surface area contributed by atoms with Crippen LogP contribution in [0, 0.1) is 0 Å². The number of benzene rings is 1. The van der Waals surface area contributed by atoms with Gasteiger partial charge in [0.2, 0.25) is 0 Å². The molecular weight excluding hydrogens is 230 g/mol. The Morgan fingerprint density at radius 3 is 2.78 bits per heavy atom. The Balaban J connectivity index is 2.01. The average molecular weight is 243 g/mol. The summed E-state index contributed by atoms with van der Waals surface area (Å²) >= 11 is 0. The van der Waals surface area contributed by atoms with Crippen LogP contribution in [-0.4, -0.2) is 21.1 Å².